The molecule has 0 amide bonds. The standard InChI is InChI=1S/C8H14N/c1-2-3-4-5-6-7-8-9/h9H,4-8H2,1H3. The van der Waals surface area contributed by atoms with E-state index in [4.69, 9.17) is 5.73 Å². The fourth-order valence-corrected chi connectivity index (χ4v) is 0.640. The summed E-state index contributed by atoms with van der Waals surface area (Å²) in [6.45, 7) is 2.43. The molecule has 9 heavy (non-hydrogen) atoms. The Hall–Kier alpha value is -0.480. The summed E-state index contributed by atoms with van der Waals surface area (Å²) in [7, 11) is 0. The van der Waals surface area contributed by atoms with Crippen LogP contribution in [0, 0.1) is 11.8 Å². The minimum Gasteiger partial charge on any atom is -0.258 e. The van der Waals surface area contributed by atoms with E-state index in [1.165, 1.54) is 6.42 Å². The molecule has 51 valence electrons. The van der Waals surface area contributed by atoms with Crippen molar-refractivity contribution in [2.75, 3.05) is 6.54 Å². The minimum atomic E-state index is 0.569. The summed E-state index contributed by atoms with van der Waals surface area (Å²) in [4.78, 5) is 0. The van der Waals surface area contributed by atoms with Crippen molar-refractivity contribution in [3.63, 3.8) is 0 Å². The van der Waals surface area contributed by atoms with Crippen LogP contribution in [0.1, 0.15) is 32.6 Å². The van der Waals surface area contributed by atoms with Gasteiger partial charge in [0.1, 0.15) is 0 Å². The van der Waals surface area contributed by atoms with Gasteiger partial charge in [-0.1, -0.05) is 6.42 Å². The largest absolute Gasteiger partial charge is 0.258 e. The summed E-state index contributed by atoms with van der Waals surface area (Å²) in [6.07, 6.45) is 4.37. The molecule has 0 spiro atoms. The number of hydrogen-bond donors (Lipinski definition) is 0. The molecular formula is C8H14N. The second-order valence-electron chi connectivity index (χ2n) is 1.99. The number of unbranched alkanes of at least 4 members (excludes halogenated alkanes) is 3. The molecule has 1 heteroatoms. The Bertz CT molecular complexity index is 96.9. The maximum Gasteiger partial charge on any atom is 0.00997 e. The molecule has 0 bridgehead atoms. The van der Waals surface area contributed by atoms with Gasteiger partial charge in [0.15, 0.2) is 0 Å². The molecule has 1 radical (unpaired) electrons. The first-order valence-electron chi connectivity index (χ1n) is 3.46. The van der Waals surface area contributed by atoms with Gasteiger partial charge in [0.2, 0.25) is 0 Å². The number of hydrogen-bond acceptors (Lipinski definition) is 0. The Labute approximate surface area is 57.6 Å². The van der Waals surface area contributed by atoms with Crippen molar-refractivity contribution in [1.82, 2.24) is 5.73 Å². The van der Waals surface area contributed by atoms with Gasteiger partial charge in [-0.2, -0.15) is 0 Å². The highest BCUT2D eigenvalue weighted by Gasteiger charge is 1.82. The van der Waals surface area contributed by atoms with Gasteiger partial charge < -0.3 is 0 Å². The van der Waals surface area contributed by atoms with Crippen molar-refractivity contribution in [2.24, 2.45) is 0 Å². The molecule has 0 aromatic carbocycles. The van der Waals surface area contributed by atoms with E-state index in [2.05, 4.69) is 11.8 Å². The Kier molecular flexibility index (Phi) is 7.12. The Morgan fingerprint density at radius 1 is 1.22 bits per heavy atom. The molecule has 1 N–H and O–H groups in total. The van der Waals surface area contributed by atoms with E-state index < -0.39 is 0 Å². The molecule has 0 aliphatic rings. The molecule has 0 saturated carbocycles. The van der Waals surface area contributed by atoms with Crippen molar-refractivity contribution in [3.05, 3.63) is 0 Å². The number of rotatable bonds is 4. The summed E-state index contributed by atoms with van der Waals surface area (Å²) >= 11 is 0. The first-order chi connectivity index (χ1) is 4.41. The molecule has 0 aliphatic carbocycles. The third-order valence-corrected chi connectivity index (χ3v) is 1.16. The molecule has 0 aromatic heterocycles. The average Bonchev–Trinajstić information content (AvgIpc) is 1.89. The monoisotopic (exact) mass is 124 g/mol. The molecular weight excluding hydrogens is 110 g/mol. The van der Waals surface area contributed by atoms with Crippen LogP contribution in [0.15, 0.2) is 0 Å². The molecule has 0 aromatic rings. The first kappa shape index (κ1) is 8.52. The zero-order valence-corrected chi connectivity index (χ0v) is 6.04. The van der Waals surface area contributed by atoms with Crippen molar-refractivity contribution in [3.8, 4) is 11.8 Å². The predicted octanol–water partition coefficient (Wildman–Crippen LogP) is 1.85. The summed E-state index contributed by atoms with van der Waals surface area (Å²) in [5.41, 5.74) is 6.85. The van der Waals surface area contributed by atoms with Crippen molar-refractivity contribution in [1.29, 1.82) is 0 Å². The summed E-state index contributed by atoms with van der Waals surface area (Å²) in [5.74, 6) is 5.84. The normalized spacial score (nSPS) is 8.22. The number of nitrogens with one attached hydrogen (secondary N) is 1. The van der Waals surface area contributed by atoms with E-state index >= 15 is 0 Å². The van der Waals surface area contributed by atoms with Crippen LogP contribution >= 0.6 is 0 Å². The summed E-state index contributed by atoms with van der Waals surface area (Å²) in [5, 5.41) is 0. The molecule has 0 aliphatic heterocycles. The van der Waals surface area contributed by atoms with Gasteiger partial charge >= 0.3 is 0 Å². The molecule has 1 nitrogen and oxygen atoms in total. The fourth-order valence-electron chi connectivity index (χ4n) is 0.640. The maximum absolute atomic E-state index is 6.85. The van der Waals surface area contributed by atoms with Crippen LogP contribution < -0.4 is 5.73 Å². The average molecular weight is 124 g/mol. The van der Waals surface area contributed by atoms with Crippen LogP contribution in [0.5, 0.6) is 0 Å². The zero-order valence-electron chi connectivity index (χ0n) is 6.04. The third-order valence-electron chi connectivity index (χ3n) is 1.16. The summed E-state index contributed by atoms with van der Waals surface area (Å²) < 4.78 is 0. The molecule has 0 unspecified atom stereocenters. The molecule has 0 heterocycles. The smallest absolute Gasteiger partial charge is 0.00997 e. The molecule has 0 atom stereocenters. The van der Waals surface area contributed by atoms with Gasteiger partial charge in [-0.05, 0) is 19.8 Å². The van der Waals surface area contributed by atoms with E-state index in [9.17, 15) is 0 Å². The van der Waals surface area contributed by atoms with Crippen LogP contribution in [0.3, 0.4) is 0 Å². The van der Waals surface area contributed by atoms with E-state index in [-0.39, 0.29) is 0 Å². The van der Waals surface area contributed by atoms with Crippen molar-refractivity contribution >= 4 is 0 Å². The van der Waals surface area contributed by atoms with Crippen LogP contribution in [0.4, 0.5) is 0 Å². The van der Waals surface area contributed by atoms with Gasteiger partial charge in [0.25, 0.3) is 0 Å². The maximum atomic E-state index is 6.85. The van der Waals surface area contributed by atoms with Crippen LogP contribution in [-0.2, 0) is 0 Å². The highest BCUT2D eigenvalue weighted by molar-refractivity contribution is 4.94. The quantitative estimate of drug-likeness (QED) is 0.403. The molecule has 0 rings (SSSR count). The van der Waals surface area contributed by atoms with E-state index in [0.717, 1.165) is 19.3 Å². The molecule has 0 saturated heterocycles. The van der Waals surface area contributed by atoms with Gasteiger partial charge in [-0.25, -0.2) is 0 Å². The van der Waals surface area contributed by atoms with Crippen molar-refractivity contribution in [2.45, 2.75) is 32.6 Å². The lowest BCUT2D eigenvalue weighted by atomic mass is 10.2. The van der Waals surface area contributed by atoms with Crippen LogP contribution in [0.25, 0.3) is 0 Å². The van der Waals surface area contributed by atoms with Gasteiger partial charge in [-0.15, -0.1) is 11.8 Å². The van der Waals surface area contributed by atoms with Gasteiger partial charge in [0, 0.05) is 13.0 Å². The summed E-state index contributed by atoms with van der Waals surface area (Å²) in [6, 6.07) is 0. The van der Waals surface area contributed by atoms with E-state index in [0.29, 0.717) is 6.54 Å². The minimum absolute atomic E-state index is 0.569. The topological polar surface area (TPSA) is 23.8 Å². The van der Waals surface area contributed by atoms with Crippen molar-refractivity contribution < 1.29 is 0 Å². The second kappa shape index (κ2) is 7.52. The third kappa shape index (κ3) is 7.52. The van der Waals surface area contributed by atoms with E-state index in [1.807, 2.05) is 6.92 Å². The SMILES string of the molecule is CC#CCCCCC[NH]. The first-order valence-corrected chi connectivity index (χ1v) is 3.46. The second-order valence-corrected chi connectivity index (χ2v) is 1.99. The fraction of sp³-hybridized carbons (Fsp3) is 0.750. The zero-order chi connectivity index (χ0) is 6.95. The van der Waals surface area contributed by atoms with Gasteiger partial charge in [-0.3, -0.25) is 5.73 Å². The highest BCUT2D eigenvalue weighted by atomic mass is 14.5. The lowest BCUT2D eigenvalue weighted by Crippen LogP contribution is -1.83. The Balaban J connectivity index is 2.80. The van der Waals surface area contributed by atoms with Gasteiger partial charge in [0.05, 0.1) is 0 Å². The van der Waals surface area contributed by atoms with Crippen LogP contribution in [-0.4, -0.2) is 6.54 Å². The Morgan fingerprint density at radius 3 is 2.56 bits per heavy atom. The van der Waals surface area contributed by atoms with E-state index in [1.54, 1.807) is 0 Å². The lowest BCUT2D eigenvalue weighted by Gasteiger charge is -1.90. The lowest BCUT2D eigenvalue weighted by molar-refractivity contribution is 0.694. The predicted molar refractivity (Wildman–Crippen MR) is 39.9 cm³/mol. The highest BCUT2D eigenvalue weighted by Crippen LogP contribution is 1.96. The Morgan fingerprint density at radius 2 is 2.00 bits per heavy atom. The molecule has 0 fully saturated rings. The van der Waals surface area contributed by atoms with Crippen LogP contribution in [0.2, 0.25) is 0 Å².